The molecule has 3 rings (SSSR count). The maximum Gasteiger partial charge on any atom is 0.270 e. The number of nitrogens with one attached hydrogen (secondary N) is 2. The van der Waals surface area contributed by atoms with Crippen molar-refractivity contribution < 1.29 is 4.92 Å². The van der Waals surface area contributed by atoms with Crippen LogP contribution in [0.4, 0.5) is 11.4 Å². The van der Waals surface area contributed by atoms with Gasteiger partial charge in [-0.25, -0.2) is 4.98 Å². The molecule has 0 spiro atoms. The summed E-state index contributed by atoms with van der Waals surface area (Å²) in [4.78, 5) is 18.0. The summed E-state index contributed by atoms with van der Waals surface area (Å²) >= 11 is 0. The number of nitro groups is 1. The second kappa shape index (κ2) is 5.77. The van der Waals surface area contributed by atoms with Gasteiger partial charge in [-0.1, -0.05) is 12.1 Å². The van der Waals surface area contributed by atoms with Gasteiger partial charge in [0.2, 0.25) is 0 Å². The first kappa shape index (κ1) is 14.5. The maximum atomic E-state index is 10.8. The fourth-order valence-electron chi connectivity index (χ4n) is 2.34. The van der Waals surface area contributed by atoms with Gasteiger partial charge in [0, 0.05) is 12.1 Å². The molecule has 0 aliphatic rings. The molecule has 1 atom stereocenters. The van der Waals surface area contributed by atoms with Crippen molar-refractivity contribution >= 4 is 22.4 Å². The Morgan fingerprint density at radius 1 is 1.35 bits per heavy atom. The first-order valence-electron chi connectivity index (χ1n) is 6.98. The predicted octanol–water partition coefficient (Wildman–Crippen LogP) is 3.52. The number of aromatic amines is 1. The van der Waals surface area contributed by atoms with E-state index in [9.17, 15) is 15.4 Å². The molecular weight excluding hydrogens is 294 g/mol. The van der Waals surface area contributed by atoms with Gasteiger partial charge in [-0.2, -0.15) is 5.26 Å². The number of nitro benzene ring substituents is 1. The zero-order chi connectivity index (χ0) is 16.4. The number of imidazole rings is 1. The minimum absolute atomic E-state index is 0.108. The zero-order valence-electron chi connectivity index (χ0n) is 12.3. The molecule has 2 aromatic carbocycles. The fraction of sp³-hybridized carbons (Fsp3) is 0.125. The Morgan fingerprint density at radius 2 is 2.13 bits per heavy atom. The SMILES string of the molecule is C[C@H](Nc1ccc([N+](=O)[O-])cc1C#N)c1nc2ccccc2[nH]1. The van der Waals surface area contributed by atoms with Crippen molar-refractivity contribution in [2.45, 2.75) is 13.0 Å². The molecule has 1 heterocycles. The van der Waals surface area contributed by atoms with Gasteiger partial charge in [0.1, 0.15) is 11.9 Å². The molecule has 0 bridgehead atoms. The van der Waals surface area contributed by atoms with Gasteiger partial charge in [0.15, 0.2) is 0 Å². The van der Waals surface area contributed by atoms with E-state index in [0.717, 1.165) is 16.9 Å². The smallest absolute Gasteiger partial charge is 0.270 e. The summed E-state index contributed by atoms with van der Waals surface area (Å²) in [5.74, 6) is 0.730. The van der Waals surface area contributed by atoms with E-state index in [-0.39, 0.29) is 17.3 Å². The van der Waals surface area contributed by atoms with Gasteiger partial charge in [0.25, 0.3) is 5.69 Å². The molecule has 0 aliphatic heterocycles. The molecule has 0 unspecified atom stereocenters. The van der Waals surface area contributed by atoms with Crippen LogP contribution in [-0.4, -0.2) is 14.9 Å². The molecule has 1 aromatic heterocycles. The number of anilines is 1. The van der Waals surface area contributed by atoms with Crippen LogP contribution in [-0.2, 0) is 0 Å². The predicted molar refractivity (Wildman–Crippen MR) is 85.9 cm³/mol. The van der Waals surface area contributed by atoms with Crippen LogP contribution in [0.2, 0.25) is 0 Å². The molecule has 3 aromatic rings. The number of hydrogen-bond donors (Lipinski definition) is 2. The van der Waals surface area contributed by atoms with Crippen LogP contribution < -0.4 is 5.32 Å². The minimum Gasteiger partial charge on any atom is -0.374 e. The molecular formula is C16H13N5O2. The number of para-hydroxylation sites is 2. The molecule has 114 valence electrons. The standard InChI is InChI=1S/C16H13N5O2/c1-10(16-19-14-4-2-3-5-15(14)20-16)18-13-7-6-12(21(22)23)8-11(13)9-17/h2-8,10,18H,1H3,(H,19,20)/t10-/m0/s1. The van der Waals surface area contributed by atoms with Crippen molar-refractivity contribution in [1.29, 1.82) is 5.26 Å². The number of fused-ring (bicyclic) bond motifs is 1. The first-order chi connectivity index (χ1) is 11.1. The molecule has 2 N–H and O–H groups in total. The van der Waals surface area contributed by atoms with E-state index >= 15 is 0 Å². The molecule has 23 heavy (non-hydrogen) atoms. The van der Waals surface area contributed by atoms with Crippen LogP contribution in [0.25, 0.3) is 11.0 Å². The maximum absolute atomic E-state index is 10.8. The van der Waals surface area contributed by atoms with Crippen molar-refractivity contribution in [2.75, 3.05) is 5.32 Å². The van der Waals surface area contributed by atoms with Gasteiger partial charge in [-0.3, -0.25) is 10.1 Å². The Bertz CT molecular complexity index is 893. The number of benzene rings is 2. The van der Waals surface area contributed by atoms with Gasteiger partial charge >= 0.3 is 0 Å². The van der Waals surface area contributed by atoms with Crippen LogP contribution in [0.15, 0.2) is 42.5 Å². The van der Waals surface area contributed by atoms with E-state index < -0.39 is 4.92 Å². The number of nitriles is 1. The average Bonchev–Trinajstić information content (AvgIpc) is 2.99. The molecule has 7 nitrogen and oxygen atoms in total. The molecule has 0 fully saturated rings. The monoisotopic (exact) mass is 307 g/mol. The van der Waals surface area contributed by atoms with E-state index in [4.69, 9.17) is 0 Å². The largest absolute Gasteiger partial charge is 0.374 e. The van der Waals surface area contributed by atoms with Crippen LogP contribution in [0, 0.1) is 21.4 Å². The summed E-state index contributed by atoms with van der Waals surface area (Å²) in [6.07, 6.45) is 0. The zero-order valence-corrected chi connectivity index (χ0v) is 12.3. The first-order valence-corrected chi connectivity index (χ1v) is 6.98. The Morgan fingerprint density at radius 3 is 2.83 bits per heavy atom. The van der Waals surface area contributed by atoms with Crippen molar-refractivity contribution in [3.63, 3.8) is 0 Å². The topological polar surface area (TPSA) is 108 Å². The second-order valence-corrected chi connectivity index (χ2v) is 5.10. The van der Waals surface area contributed by atoms with Crippen LogP contribution in [0.3, 0.4) is 0 Å². The third-order valence-corrected chi connectivity index (χ3v) is 3.52. The van der Waals surface area contributed by atoms with Crippen LogP contribution in [0.5, 0.6) is 0 Å². The second-order valence-electron chi connectivity index (χ2n) is 5.10. The molecule has 7 heteroatoms. The van der Waals surface area contributed by atoms with Crippen molar-refractivity contribution in [1.82, 2.24) is 9.97 Å². The van der Waals surface area contributed by atoms with Crippen molar-refractivity contribution in [3.05, 3.63) is 64.0 Å². The number of hydrogen-bond acceptors (Lipinski definition) is 5. The van der Waals surface area contributed by atoms with E-state index in [0.29, 0.717) is 5.69 Å². The van der Waals surface area contributed by atoms with Gasteiger partial charge < -0.3 is 10.3 Å². The van der Waals surface area contributed by atoms with E-state index in [1.165, 1.54) is 18.2 Å². The summed E-state index contributed by atoms with van der Waals surface area (Å²) in [6.45, 7) is 1.90. The molecule has 0 saturated carbocycles. The third-order valence-electron chi connectivity index (χ3n) is 3.52. The summed E-state index contributed by atoms with van der Waals surface area (Å²) in [5.41, 5.74) is 2.44. The summed E-state index contributed by atoms with van der Waals surface area (Å²) in [6, 6.07) is 13.6. The summed E-state index contributed by atoms with van der Waals surface area (Å²) in [5, 5.41) is 23.1. The van der Waals surface area contributed by atoms with Gasteiger partial charge in [-0.15, -0.1) is 0 Å². The normalized spacial score (nSPS) is 11.8. The van der Waals surface area contributed by atoms with E-state index in [1.807, 2.05) is 37.3 Å². The van der Waals surface area contributed by atoms with Crippen LogP contribution >= 0.6 is 0 Å². The average molecular weight is 307 g/mol. The number of H-pyrrole nitrogens is 1. The lowest BCUT2D eigenvalue weighted by Crippen LogP contribution is -2.09. The molecule has 0 saturated heterocycles. The summed E-state index contributed by atoms with van der Waals surface area (Å²) in [7, 11) is 0. The highest BCUT2D eigenvalue weighted by atomic mass is 16.6. The lowest BCUT2D eigenvalue weighted by atomic mass is 10.1. The summed E-state index contributed by atoms with van der Waals surface area (Å²) < 4.78 is 0. The lowest BCUT2D eigenvalue weighted by molar-refractivity contribution is -0.384. The van der Waals surface area contributed by atoms with Gasteiger partial charge in [0.05, 0.1) is 33.2 Å². The molecule has 0 radical (unpaired) electrons. The Balaban J connectivity index is 1.89. The number of rotatable bonds is 4. The Labute approximate surface area is 131 Å². The Hall–Kier alpha value is -3.40. The van der Waals surface area contributed by atoms with Crippen LogP contribution in [0.1, 0.15) is 24.4 Å². The van der Waals surface area contributed by atoms with Gasteiger partial charge in [-0.05, 0) is 25.1 Å². The number of nitrogens with zero attached hydrogens (tertiary/aromatic N) is 3. The highest BCUT2D eigenvalue weighted by molar-refractivity contribution is 5.75. The Kier molecular flexibility index (Phi) is 3.65. The van der Waals surface area contributed by atoms with Crippen molar-refractivity contribution in [3.8, 4) is 6.07 Å². The third kappa shape index (κ3) is 2.82. The molecule has 0 aliphatic carbocycles. The number of non-ortho nitro benzene ring substituents is 1. The van der Waals surface area contributed by atoms with E-state index in [2.05, 4.69) is 15.3 Å². The number of aromatic nitrogens is 2. The highest BCUT2D eigenvalue weighted by Crippen LogP contribution is 2.25. The van der Waals surface area contributed by atoms with E-state index in [1.54, 1.807) is 0 Å². The van der Waals surface area contributed by atoms with Crippen molar-refractivity contribution in [2.24, 2.45) is 0 Å². The molecule has 0 amide bonds. The lowest BCUT2D eigenvalue weighted by Gasteiger charge is -2.13. The quantitative estimate of drug-likeness (QED) is 0.566. The highest BCUT2D eigenvalue weighted by Gasteiger charge is 2.15. The fourth-order valence-corrected chi connectivity index (χ4v) is 2.34. The minimum atomic E-state index is -0.521.